The minimum atomic E-state index is -4.94. The summed E-state index contributed by atoms with van der Waals surface area (Å²) in [6.45, 7) is 0. The topological polar surface area (TPSA) is 92.3 Å². The zero-order valence-electron chi connectivity index (χ0n) is 21.1. The molecule has 1 aliphatic heterocycles. The van der Waals surface area contributed by atoms with Gasteiger partial charge in [0, 0.05) is 33.0 Å². The number of rotatable bonds is 6. The summed E-state index contributed by atoms with van der Waals surface area (Å²) in [6.07, 6.45) is -4.94. The van der Waals surface area contributed by atoms with E-state index in [9.17, 15) is 40.0 Å². The molecule has 1 atom stereocenters. The number of halogens is 6. The zero-order valence-corrected chi connectivity index (χ0v) is 22.7. The Morgan fingerprint density at radius 2 is 1.64 bits per heavy atom. The highest BCUT2D eigenvalue weighted by atomic mass is 35.5. The molecule has 1 unspecified atom stereocenters. The Balaban J connectivity index is 1.63. The van der Waals surface area contributed by atoms with Crippen molar-refractivity contribution in [2.45, 2.75) is 22.9 Å². The summed E-state index contributed by atoms with van der Waals surface area (Å²) in [7, 11) is -3.94. The Hall–Kier alpha value is -4.29. The third kappa shape index (κ3) is 5.86. The summed E-state index contributed by atoms with van der Waals surface area (Å²) < 4.78 is 94.2. The van der Waals surface area contributed by atoms with Crippen LogP contribution in [-0.4, -0.2) is 20.2 Å². The van der Waals surface area contributed by atoms with E-state index >= 15 is 0 Å². The quantitative estimate of drug-likeness (QED) is 0.235. The van der Waals surface area contributed by atoms with Crippen LogP contribution < -0.4 is 10.6 Å². The van der Waals surface area contributed by atoms with Crippen LogP contribution in [-0.2, 0) is 21.8 Å². The largest absolute Gasteiger partial charge is 0.416 e. The number of hydrogen-bond donors (Lipinski definition) is 2. The van der Waals surface area contributed by atoms with Gasteiger partial charge in [-0.05, 0) is 66.2 Å². The van der Waals surface area contributed by atoms with E-state index in [0.717, 1.165) is 12.1 Å². The Kier molecular flexibility index (Phi) is 7.54. The third-order valence-electron chi connectivity index (χ3n) is 6.51. The lowest BCUT2D eigenvalue weighted by molar-refractivity contribution is -0.137. The van der Waals surface area contributed by atoms with E-state index in [1.807, 2.05) is 0 Å². The van der Waals surface area contributed by atoms with Gasteiger partial charge in [-0.15, -0.1) is 0 Å². The fraction of sp³-hybridized carbons (Fsp3) is 0.103. The Morgan fingerprint density at radius 1 is 0.929 bits per heavy atom. The lowest BCUT2D eigenvalue weighted by Gasteiger charge is -2.19. The highest BCUT2D eigenvalue weighted by Crippen LogP contribution is 2.41. The molecule has 0 spiro atoms. The molecule has 0 saturated carbocycles. The number of carbonyl (C=O) groups is 2. The van der Waals surface area contributed by atoms with Crippen LogP contribution in [0.2, 0.25) is 5.02 Å². The van der Waals surface area contributed by atoms with E-state index in [-0.39, 0.29) is 43.9 Å². The van der Waals surface area contributed by atoms with Crippen LogP contribution in [0.15, 0.2) is 83.8 Å². The molecule has 2 amide bonds. The van der Waals surface area contributed by atoms with Crippen molar-refractivity contribution in [2.24, 2.45) is 0 Å². The molecule has 5 rings (SSSR count). The van der Waals surface area contributed by atoms with Gasteiger partial charge in [-0.25, -0.2) is 17.2 Å². The SMILES string of the molecule is O=C(Nc1cc(CS(=O)(=O)c2ccccc2)cc2c1C(c1cc(F)ccc1Cl)NC2=O)c1cc(F)cc(C(F)(F)F)c1. The summed E-state index contributed by atoms with van der Waals surface area (Å²) in [5.41, 5.74) is -2.10. The second-order valence-corrected chi connectivity index (χ2v) is 11.8. The van der Waals surface area contributed by atoms with Gasteiger partial charge < -0.3 is 10.6 Å². The highest BCUT2D eigenvalue weighted by molar-refractivity contribution is 7.90. The number of anilines is 1. The first-order chi connectivity index (χ1) is 19.7. The Morgan fingerprint density at radius 3 is 2.33 bits per heavy atom. The first-order valence-corrected chi connectivity index (χ1v) is 14.2. The van der Waals surface area contributed by atoms with Gasteiger partial charge in [0.25, 0.3) is 11.8 Å². The smallest absolute Gasteiger partial charge is 0.341 e. The fourth-order valence-electron chi connectivity index (χ4n) is 4.66. The van der Waals surface area contributed by atoms with Crippen LogP contribution in [0.1, 0.15) is 49.0 Å². The van der Waals surface area contributed by atoms with Gasteiger partial charge >= 0.3 is 6.18 Å². The second-order valence-electron chi connectivity index (χ2n) is 9.43. The molecule has 0 saturated heterocycles. The summed E-state index contributed by atoms with van der Waals surface area (Å²) in [4.78, 5) is 26.2. The van der Waals surface area contributed by atoms with Crippen molar-refractivity contribution >= 4 is 38.9 Å². The third-order valence-corrected chi connectivity index (χ3v) is 8.56. The van der Waals surface area contributed by atoms with Crippen LogP contribution in [0.25, 0.3) is 0 Å². The van der Waals surface area contributed by atoms with E-state index in [2.05, 4.69) is 10.6 Å². The maximum atomic E-state index is 14.2. The molecule has 216 valence electrons. The average Bonchev–Trinajstić information content (AvgIpc) is 3.25. The molecule has 4 aromatic carbocycles. The van der Waals surface area contributed by atoms with E-state index < -0.39 is 62.4 Å². The first kappa shape index (κ1) is 29.2. The van der Waals surface area contributed by atoms with Gasteiger partial charge in [0.15, 0.2) is 9.84 Å². The van der Waals surface area contributed by atoms with Crippen LogP contribution in [0.5, 0.6) is 0 Å². The Bertz CT molecular complexity index is 1850. The summed E-state index contributed by atoms with van der Waals surface area (Å²) in [6, 6.07) is 13.5. The van der Waals surface area contributed by atoms with Crippen LogP contribution in [0.4, 0.5) is 27.6 Å². The predicted octanol–water partition coefficient (Wildman–Crippen LogP) is 6.70. The van der Waals surface area contributed by atoms with Crippen LogP contribution in [0, 0.1) is 11.6 Å². The molecule has 0 bridgehead atoms. The molecule has 13 heteroatoms. The molecule has 1 heterocycles. The van der Waals surface area contributed by atoms with E-state index in [4.69, 9.17) is 11.6 Å². The number of sulfone groups is 1. The van der Waals surface area contributed by atoms with Gasteiger partial charge in [-0.3, -0.25) is 9.59 Å². The maximum absolute atomic E-state index is 14.2. The van der Waals surface area contributed by atoms with E-state index in [0.29, 0.717) is 12.1 Å². The van der Waals surface area contributed by atoms with Gasteiger partial charge in [0.1, 0.15) is 11.6 Å². The predicted molar refractivity (Wildman–Crippen MR) is 144 cm³/mol. The highest BCUT2D eigenvalue weighted by Gasteiger charge is 2.36. The van der Waals surface area contributed by atoms with E-state index in [1.165, 1.54) is 42.5 Å². The van der Waals surface area contributed by atoms with Crippen molar-refractivity contribution in [3.05, 3.63) is 129 Å². The summed E-state index contributed by atoms with van der Waals surface area (Å²) in [5.74, 6) is -4.48. The molecule has 6 nitrogen and oxygen atoms in total. The maximum Gasteiger partial charge on any atom is 0.416 e. The molecular formula is C29H18ClF5N2O4S. The number of benzene rings is 4. The second kappa shape index (κ2) is 10.8. The van der Waals surface area contributed by atoms with Crippen molar-refractivity contribution in [2.75, 3.05) is 5.32 Å². The molecule has 2 N–H and O–H groups in total. The first-order valence-electron chi connectivity index (χ1n) is 12.1. The Labute approximate surface area is 241 Å². The van der Waals surface area contributed by atoms with Gasteiger partial charge in [0.2, 0.25) is 0 Å². The summed E-state index contributed by atoms with van der Waals surface area (Å²) in [5, 5.41) is 5.06. The number of nitrogens with one attached hydrogen (secondary N) is 2. The van der Waals surface area contributed by atoms with Crippen molar-refractivity contribution in [3.63, 3.8) is 0 Å². The number of amides is 2. The van der Waals surface area contributed by atoms with Gasteiger partial charge in [0.05, 0.1) is 22.3 Å². The molecule has 0 fully saturated rings. The monoisotopic (exact) mass is 620 g/mol. The van der Waals surface area contributed by atoms with E-state index in [1.54, 1.807) is 6.07 Å². The van der Waals surface area contributed by atoms with Crippen molar-refractivity contribution in [1.29, 1.82) is 0 Å². The molecule has 42 heavy (non-hydrogen) atoms. The number of fused-ring (bicyclic) bond motifs is 1. The molecule has 0 aromatic heterocycles. The fourth-order valence-corrected chi connectivity index (χ4v) is 6.23. The zero-order chi connectivity index (χ0) is 30.4. The van der Waals surface area contributed by atoms with Gasteiger partial charge in [-0.1, -0.05) is 29.8 Å². The standard InChI is InChI=1S/C29H18ClF5N2O4S/c30-23-7-6-18(31)13-21(23)26-25-22(28(39)37-26)8-15(14-42(40,41)20-4-2-1-3-5-20)9-24(25)36-27(38)16-10-17(29(33,34)35)12-19(32)11-16/h1-13,26H,14H2,(H,36,38)(H,37,39). The molecule has 4 aromatic rings. The van der Waals surface area contributed by atoms with Crippen molar-refractivity contribution in [1.82, 2.24) is 5.32 Å². The molecule has 0 aliphatic carbocycles. The molecule has 0 radical (unpaired) electrons. The minimum Gasteiger partial charge on any atom is -0.341 e. The average molecular weight is 621 g/mol. The normalized spacial score (nSPS) is 14.8. The number of alkyl halides is 3. The number of carbonyl (C=O) groups excluding carboxylic acids is 2. The summed E-state index contributed by atoms with van der Waals surface area (Å²) >= 11 is 6.28. The van der Waals surface area contributed by atoms with Crippen LogP contribution >= 0.6 is 11.6 Å². The van der Waals surface area contributed by atoms with Crippen molar-refractivity contribution < 1.29 is 40.0 Å². The molecule has 1 aliphatic rings. The number of hydrogen-bond acceptors (Lipinski definition) is 4. The lowest BCUT2D eigenvalue weighted by Crippen LogP contribution is -2.21. The molecular weight excluding hydrogens is 603 g/mol. The van der Waals surface area contributed by atoms with Gasteiger partial charge in [-0.2, -0.15) is 13.2 Å². The van der Waals surface area contributed by atoms with Crippen LogP contribution in [0.3, 0.4) is 0 Å². The minimum absolute atomic E-state index is 0.00982. The van der Waals surface area contributed by atoms with Crippen molar-refractivity contribution in [3.8, 4) is 0 Å². The lowest BCUT2D eigenvalue weighted by atomic mass is 9.94.